The molecule has 1 fully saturated rings. The molecule has 4 unspecified atom stereocenters. The van der Waals surface area contributed by atoms with Crippen molar-refractivity contribution in [1.29, 1.82) is 0 Å². The Hall–Kier alpha value is -0.120. The van der Waals surface area contributed by atoms with Crippen molar-refractivity contribution in [3.8, 4) is 0 Å². The fraction of sp³-hybridized carbons (Fsp3) is 1.00. The van der Waals surface area contributed by atoms with Gasteiger partial charge >= 0.3 is 0 Å². The van der Waals surface area contributed by atoms with Crippen LogP contribution in [0.2, 0.25) is 0 Å². The molecule has 1 rings (SSSR count). The quantitative estimate of drug-likeness (QED) is 0.673. The highest BCUT2D eigenvalue weighted by atomic mass is 16.5. The highest BCUT2D eigenvalue weighted by Crippen LogP contribution is 2.45. The van der Waals surface area contributed by atoms with Gasteiger partial charge in [0.15, 0.2) is 0 Å². The molecule has 21 heavy (non-hydrogen) atoms. The SMILES string of the molecule is CCC1CC(CCCOCCCO)CC(C(C)(C)C)C1O. The van der Waals surface area contributed by atoms with Gasteiger partial charge in [-0.25, -0.2) is 0 Å². The molecule has 1 saturated carbocycles. The number of rotatable bonds is 8. The lowest BCUT2D eigenvalue weighted by Crippen LogP contribution is -2.43. The lowest BCUT2D eigenvalue weighted by Gasteiger charge is -2.45. The molecule has 4 atom stereocenters. The minimum Gasteiger partial charge on any atom is -0.396 e. The first kappa shape index (κ1) is 18.9. The van der Waals surface area contributed by atoms with E-state index < -0.39 is 0 Å². The fourth-order valence-electron chi connectivity index (χ4n) is 3.74. The average molecular weight is 300 g/mol. The second kappa shape index (κ2) is 9.12. The Labute approximate surface area is 131 Å². The van der Waals surface area contributed by atoms with Crippen molar-refractivity contribution in [1.82, 2.24) is 0 Å². The van der Waals surface area contributed by atoms with E-state index >= 15 is 0 Å². The van der Waals surface area contributed by atoms with E-state index in [9.17, 15) is 5.11 Å². The van der Waals surface area contributed by atoms with Gasteiger partial charge in [-0.15, -0.1) is 0 Å². The van der Waals surface area contributed by atoms with Crippen LogP contribution in [0.1, 0.15) is 66.2 Å². The van der Waals surface area contributed by atoms with Gasteiger partial charge in [-0.05, 0) is 55.3 Å². The topological polar surface area (TPSA) is 49.7 Å². The molecule has 1 aliphatic rings. The second-order valence-electron chi connectivity index (χ2n) is 7.80. The summed E-state index contributed by atoms with van der Waals surface area (Å²) in [6.45, 7) is 10.7. The summed E-state index contributed by atoms with van der Waals surface area (Å²) in [6, 6.07) is 0. The molecular weight excluding hydrogens is 264 g/mol. The maximum atomic E-state index is 10.6. The molecule has 0 aromatic rings. The second-order valence-corrected chi connectivity index (χ2v) is 7.80. The van der Waals surface area contributed by atoms with Gasteiger partial charge in [0, 0.05) is 19.8 Å². The third-order valence-electron chi connectivity index (χ3n) is 5.10. The van der Waals surface area contributed by atoms with E-state index in [0.29, 0.717) is 18.4 Å². The molecule has 0 aromatic heterocycles. The van der Waals surface area contributed by atoms with Gasteiger partial charge in [0.05, 0.1) is 6.10 Å². The first-order valence-corrected chi connectivity index (χ1v) is 8.76. The molecule has 0 amide bonds. The molecular formula is C18H36O3. The van der Waals surface area contributed by atoms with E-state index in [2.05, 4.69) is 27.7 Å². The number of hydrogen-bond acceptors (Lipinski definition) is 3. The van der Waals surface area contributed by atoms with Gasteiger partial charge in [-0.3, -0.25) is 0 Å². The summed E-state index contributed by atoms with van der Waals surface area (Å²) in [5, 5.41) is 19.3. The zero-order chi connectivity index (χ0) is 15.9. The van der Waals surface area contributed by atoms with Crippen LogP contribution in [0.5, 0.6) is 0 Å². The number of ether oxygens (including phenoxy) is 1. The van der Waals surface area contributed by atoms with Crippen LogP contribution >= 0.6 is 0 Å². The minimum atomic E-state index is -0.132. The molecule has 0 heterocycles. The smallest absolute Gasteiger partial charge is 0.0601 e. The summed E-state index contributed by atoms with van der Waals surface area (Å²) in [7, 11) is 0. The fourth-order valence-corrected chi connectivity index (χ4v) is 3.74. The lowest BCUT2D eigenvalue weighted by molar-refractivity contribution is -0.0524. The van der Waals surface area contributed by atoms with Crippen molar-refractivity contribution in [3.63, 3.8) is 0 Å². The molecule has 0 saturated heterocycles. The van der Waals surface area contributed by atoms with Gasteiger partial charge < -0.3 is 14.9 Å². The third-order valence-corrected chi connectivity index (χ3v) is 5.10. The van der Waals surface area contributed by atoms with Gasteiger partial charge in [0.25, 0.3) is 0 Å². The van der Waals surface area contributed by atoms with Crippen LogP contribution in [0.25, 0.3) is 0 Å². The van der Waals surface area contributed by atoms with E-state index in [1.807, 2.05) is 0 Å². The third kappa shape index (κ3) is 6.25. The van der Waals surface area contributed by atoms with E-state index in [1.54, 1.807) is 0 Å². The van der Waals surface area contributed by atoms with Crippen LogP contribution < -0.4 is 0 Å². The van der Waals surface area contributed by atoms with Crippen LogP contribution in [-0.4, -0.2) is 36.1 Å². The van der Waals surface area contributed by atoms with E-state index in [0.717, 1.165) is 38.2 Å². The Morgan fingerprint density at radius 1 is 1.10 bits per heavy atom. The van der Waals surface area contributed by atoms with Crippen LogP contribution in [-0.2, 0) is 4.74 Å². The Morgan fingerprint density at radius 2 is 1.76 bits per heavy atom. The van der Waals surface area contributed by atoms with Gasteiger partial charge in [-0.2, -0.15) is 0 Å². The Bertz CT molecular complexity index is 272. The first-order valence-electron chi connectivity index (χ1n) is 8.76. The Kier molecular flexibility index (Phi) is 8.22. The van der Waals surface area contributed by atoms with Crippen LogP contribution in [0.4, 0.5) is 0 Å². The first-order chi connectivity index (χ1) is 9.90. The Morgan fingerprint density at radius 3 is 2.33 bits per heavy atom. The predicted molar refractivity (Wildman–Crippen MR) is 87.2 cm³/mol. The summed E-state index contributed by atoms with van der Waals surface area (Å²) in [6.07, 6.45) is 6.30. The minimum absolute atomic E-state index is 0.132. The molecule has 126 valence electrons. The largest absolute Gasteiger partial charge is 0.396 e. The molecule has 0 aromatic carbocycles. The van der Waals surface area contributed by atoms with Crippen molar-refractivity contribution in [3.05, 3.63) is 0 Å². The molecule has 0 bridgehead atoms. The average Bonchev–Trinajstić information content (AvgIpc) is 2.42. The van der Waals surface area contributed by atoms with Gasteiger partial charge in [0.1, 0.15) is 0 Å². The van der Waals surface area contributed by atoms with E-state index in [4.69, 9.17) is 9.84 Å². The van der Waals surface area contributed by atoms with E-state index in [1.165, 1.54) is 12.8 Å². The summed E-state index contributed by atoms with van der Waals surface area (Å²) in [5.74, 6) is 1.60. The lowest BCUT2D eigenvalue weighted by atomic mass is 9.63. The summed E-state index contributed by atoms with van der Waals surface area (Å²) in [4.78, 5) is 0. The summed E-state index contributed by atoms with van der Waals surface area (Å²) < 4.78 is 5.52. The van der Waals surface area contributed by atoms with Crippen molar-refractivity contribution >= 4 is 0 Å². The molecule has 3 heteroatoms. The summed E-state index contributed by atoms with van der Waals surface area (Å²) >= 11 is 0. The molecule has 1 aliphatic carbocycles. The van der Waals surface area contributed by atoms with Gasteiger partial charge in [0.2, 0.25) is 0 Å². The van der Waals surface area contributed by atoms with Crippen molar-refractivity contribution in [2.24, 2.45) is 23.2 Å². The molecule has 0 spiro atoms. The van der Waals surface area contributed by atoms with Crippen LogP contribution in [0, 0.1) is 23.2 Å². The Balaban J connectivity index is 2.40. The zero-order valence-corrected chi connectivity index (χ0v) is 14.5. The van der Waals surface area contributed by atoms with Crippen LogP contribution in [0.3, 0.4) is 0 Å². The van der Waals surface area contributed by atoms with Crippen molar-refractivity contribution in [2.45, 2.75) is 72.3 Å². The highest BCUT2D eigenvalue weighted by Gasteiger charge is 2.41. The number of aliphatic hydroxyl groups is 2. The predicted octanol–water partition coefficient (Wildman–Crippen LogP) is 3.63. The molecule has 3 nitrogen and oxygen atoms in total. The van der Waals surface area contributed by atoms with Gasteiger partial charge in [-0.1, -0.05) is 34.1 Å². The maximum Gasteiger partial charge on any atom is 0.0601 e. The number of hydrogen-bond donors (Lipinski definition) is 2. The number of aliphatic hydroxyl groups excluding tert-OH is 2. The standard InChI is InChI=1S/C18H36O3/c1-5-15-12-14(8-6-10-21-11-7-9-19)13-16(17(15)20)18(2,3)4/h14-17,19-20H,5-13H2,1-4H3. The highest BCUT2D eigenvalue weighted by molar-refractivity contribution is 4.91. The normalized spacial score (nSPS) is 30.6. The molecule has 0 aliphatic heterocycles. The monoisotopic (exact) mass is 300 g/mol. The van der Waals surface area contributed by atoms with E-state index in [-0.39, 0.29) is 18.1 Å². The molecule has 2 N–H and O–H groups in total. The zero-order valence-electron chi connectivity index (χ0n) is 14.5. The van der Waals surface area contributed by atoms with Crippen molar-refractivity contribution < 1.29 is 14.9 Å². The maximum absolute atomic E-state index is 10.6. The van der Waals surface area contributed by atoms with Crippen molar-refractivity contribution in [2.75, 3.05) is 19.8 Å². The molecule has 0 radical (unpaired) electrons. The summed E-state index contributed by atoms with van der Waals surface area (Å²) in [5.41, 5.74) is 0.184. The van der Waals surface area contributed by atoms with Crippen LogP contribution in [0.15, 0.2) is 0 Å².